The summed E-state index contributed by atoms with van der Waals surface area (Å²) >= 11 is 3.52. The summed E-state index contributed by atoms with van der Waals surface area (Å²) in [6.45, 7) is 2.63. The van der Waals surface area contributed by atoms with Gasteiger partial charge in [0.2, 0.25) is 0 Å². The molecule has 0 radical (unpaired) electrons. The third-order valence-corrected chi connectivity index (χ3v) is 2.74. The average molecular weight is 239 g/mol. The van der Waals surface area contributed by atoms with Crippen LogP contribution in [0.4, 0.5) is 0 Å². The minimum atomic E-state index is 0.582. The van der Waals surface area contributed by atoms with Gasteiger partial charge in [-0.25, -0.2) is 0 Å². The molecule has 68 valence electrons. The van der Waals surface area contributed by atoms with Crippen molar-refractivity contribution < 1.29 is 0 Å². The largest absolute Gasteiger partial charge is 0.358 e. The highest BCUT2D eigenvalue weighted by atomic mass is 79.9. The van der Waals surface area contributed by atoms with Gasteiger partial charge in [0.25, 0.3) is 0 Å². The number of aromatic amines is 1. The van der Waals surface area contributed by atoms with E-state index in [1.54, 1.807) is 0 Å². The molecular weight excluding hydrogens is 228 g/mol. The lowest BCUT2D eigenvalue weighted by atomic mass is 10.1. The number of hydrogen-bond donors (Lipinski definition) is 2. The van der Waals surface area contributed by atoms with Crippen LogP contribution in [0, 0.1) is 6.92 Å². The standard InChI is InChI=1S/C10H11BrN2/c1-6-2-8-3-7(5-12)4-9(11)10(8)13-6/h2-4,13H,5,12H2,1H3. The van der Waals surface area contributed by atoms with Crippen molar-refractivity contribution in [2.24, 2.45) is 5.73 Å². The van der Waals surface area contributed by atoms with Crippen LogP contribution in [-0.4, -0.2) is 4.98 Å². The highest BCUT2D eigenvalue weighted by Gasteiger charge is 2.03. The van der Waals surface area contributed by atoms with E-state index in [9.17, 15) is 0 Å². The first-order valence-electron chi connectivity index (χ1n) is 4.18. The molecule has 3 N–H and O–H groups in total. The highest BCUT2D eigenvalue weighted by molar-refractivity contribution is 9.10. The fraction of sp³-hybridized carbons (Fsp3) is 0.200. The quantitative estimate of drug-likeness (QED) is 0.789. The van der Waals surface area contributed by atoms with Crippen LogP contribution >= 0.6 is 15.9 Å². The molecule has 0 fully saturated rings. The zero-order chi connectivity index (χ0) is 9.42. The summed E-state index contributed by atoms with van der Waals surface area (Å²) in [6.07, 6.45) is 0. The van der Waals surface area contributed by atoms with Crippen LogP contribution in [0.5, 0.6) is 0 Å². The first-order chi connectivity index (χ1) is 6.20. The Morgan fingerprint density at radius 2 is 2.15 bits per heavy atom. The fourth-order valence-electron chi connectivity index (χ4n) is 1.52. The van der Waals surface area contributed by atoms with Crippen molar-refractivity contribution in [1.29, 1.82) is 0 Å². The van der Waals surface area contributed by atoms with E-state index in [0.717, 1.165) is 15.6 Å². The van der Waals surface area contributed by atoms with E-state index in [1.807, 2.05) is 0 Å². The van der Waals surface area contributed by atoms with Gasteiger partial charge in [0.05, 0.1) is 5.52 Å². The van der Waals surface area contributed by atoms with Crippen LogP contribution in [-0.2, 0) is 6.54 Å². The SMILES string of the molecule is Cc1cc2cc(CN)cc(Br)c2[nH]1. The molecule has 0 atom stereocenters. The van der Waals surface area contributed by atoms with Gasteiger partial charge >= 0.3 is 0 Å². The van der Waals surface area contributed by atoms with Gasteiger partial charge < -0.3 is 10.7 Å². The molecule has 0 saturated carbocycles. The first kappa shape index (κ1) is 8.78. The molecule has 2 rings (SSSR count). The Kier molecular flexibility index (Phi) is 2.14. The molecule has 0 saturated heterocycles. The number of aryl methyl sites for hydroxylation is 1. The van der Waals surface area contributed by atoms with E-state index in [1.165, 1.54) is 11.1 Å². The van der Waals surface area contributed by atoms with Gasteiger partial charge in [0, 0.05) is 22.1 Å². The Bertz CT molecular complexity index is 445. The zero-order valence-corrected chi connectivity index (χ0v) is 8.98. The van der Waals surface area contributed by atoms with Crippen molar-refractivity contribution in [1.82, 2.24) is 4.98 Å². The Morgan fingerprint density at radius 3 is 2.85 bits per heavy atom. The molecule has 2 nitrogen and oxygen atoms in total. The minimum absolute atomic E-state index is 0.582. The van der Waals surface area contributed by atoms with E-state index in [2.05, 4.69) is 46.0 Å². The number of aromatic nitrogens is 1. The first-order valence-corrected chi connectivity index (χ1v) is 4.98. The number of halogens is 1. The summed E-state index contributed by atoms with van der Waals surface area (Å²) in [5.74, 6) is 0. The Morgan fingerprint density at radius 1 is 1.38 bits per heavy atom. The Balaban J connectivity index is 2.75. The third kappa shape index (κ3) is 1.49. The normalized spacial score (nSPS) is 11.0. The van der Waals surface area contributed by atoms with Crippen molar-refractivity contribution in [3.05, 3.63) is 33.9 Å². The van der Waals surface area contributed by atoms with Crippen LogP contribution in [0.3, 0.4) is 0 Å². The lowest BCUT2D eigenvalue weighted by molar-refractivity contribution is 1.07. The number of rotatable bonds is 1. The molecular formula is C10H11BrN2. The predicted molar refractivity (Wildman–Crippen MR) is 58.6 cm³/mol. The topological polar surface area (TPSA) is 41.8 Å². The molecule has 1 heterocycles. The van der Waals surface area contributed by atoms with Crippen molar-refractivity contribution in [2.45, 2.75) is 13.5 Å². The van der Waals surface area contributed by atoms with Gasteiger partial charge in [-0.05, 0) is 46.6 Å². The van der Waals surface area contributed by atoms with E-state index in [4.69, 9.17) is 5.73 Å². The van der Waals surface area contributed by atoms with Crippen molar-refractivity contribution in [2.75, 3.05) is 0 Å². The zero-order valence-electron chi connectivity index (χ0n) is 7.39. The maximum Gasteiger partial charge on any atom is 0.0600 e. The molecule has 1 aromatic carbocycles. The molecule has 0 bridgehead atoms. The fourth-order valence-corrected chi connectivity index (χ4v) is 2.14. The second-order valence-electron chi connectivity index (χ2n) is 3.20. The molecule has 13 heavy (non-hydrogen) atoms. The number of hydrogen-bond acceptors (Lipinski definition) is 1. The predicted octanol–water partition coefficient (Wildman–Crippen LogP) is 2.70. The number of nitrogens with one attached hydrogen (secondary N) is 1. The molecule has 1 aromatic heterocycles. The Hall–Kier alpha value is -0.800. The maximum absolute atomic E-state index is 5.59. The van der Waals surface area contributed by atoms with E-state index in [0.29, 0.717) is 6.54 Å². The average Bonchev–Trinajstić information content (AvgIpc) is 2.46. The lowest BCUT2D eigenvalue weighted by Gasteiger charge is -1.99. The van der Waals surface area contributed by atoms with Crippen LogP contribution in [0.1, 0.15) is 11.3 Å². The van der Waals surface area contributed by atoms with Gasteiger partial charge in [-0.15, -0.1) is 0 Å². The van der Waals surface area contributed by atoms with E-state index in [-0.39, 0.29) is 0 Å². The lowest BCUT2D eigenvalue weighted by Crippen LogP contribution is -1.95. The number of fused-ring (bicyclic) bond motifs is 1. The third-order valence-electron chi connectivity index (χ3n) is 2.11. The monoisotopic (exact) mass is 238 g/mol. The van der Waals surface area contributed by atoms with Gasteiger partial charge in [0.1, 0.15) is 0 Å². The van der Waals surface area contributed by atoms with E-state index < -0.39 is 0 Å². The Labute approximate surface area is 85.3 Å². The number of H-pyrrole nitrogens is 1. The summed E-state index contributed by atoms with van der Waals surface area (Å²) in [4.78, 5) is 3.29. The molecule has 3 heteroatoms. The summed E-state index contributed by atoms with van der Waals surface area (Å²) in [5, 5.41) is 1.22. The molecule has 0 amide bonds. The number of benzene rings is 1. The molecule has 0 spiro atoms. The van der Waals surface area contributed by atoms with Crippen molar-refractivity contribution >= 4 is 26.8 Å². The minimum Gasteiger partial charge on any atom is -0.358 e. The summed E-state index contributed by atoms with van der Waals surface area (Å²) in [7, 11) is 0. The van der Waals surface area contributed by atoms with Crippen LogP contribution < -0.4 is 5.73 Å². The van der Waals surface area contributed by atoms with E-state index >= 15 is 0 Å². The maximum atomic E-state index is 5.59. The van der Waals surface area contributed by atoms with Gasteiger partial charge in [-0.2, -0.15) is 0 Å². The molecule has 2 aromatic rings. The second kappa shape index (κ2) is 3.16. The summed E-state index contributed by atoms with van der Waals surface area (Å²) < 4.78 is 1.08. The summed E-state index contributed by atoms with van der Waals surface area (Å²) in [6, 6.07) is 6.29. The molecule has 0 unspecified atom stereocenters. The van der Waals surface area contributed by atoms with Crippen LogP contribution in [0.2, 0.25) is 0 Å². The second-order valence-corrected chi connectivity index (χ2v) is 4.05. The van der Waals surface area contributed by atoms with Crippen molar-refractivity contribution in [3.8, 4) is 0 Å². The summed E-state index contributed by atoms with van der Waals surface area (Å²) in [5.41, 5.74) is 9.06. The smallest absolute Gasteiger partial charge is 0.0600 e. The van der Waals surface area contributed by atoms with Gasteiger partial charge in [0.15, 0.2) is 0 Å². The highest BCUT2D eigenvalue weighted by Crippen LogP contribution is 2.25. The molecule has 0 aliphatic carbocycles. The van der Waals surface area contributed by atoms with Gasteiger partial charge in [-0.1, -0.05) is 0 Å². The molecule has 0 aliphatic rings. The van der Waals surface area contributed by atoms with Crippen LogP contribution in [0.15, 0.2) is 22.7 Å². The van der Waals surface area contributed by atoms with Crippen molar-refractivity contribution in [3.63, 3.8) is 0 Å². The number of nitrogens with two attached hydrogens (primary N) is 1. The van der Waals surface area contributed by atoms with Gasteiger partial charge in [-0.3, -0.25) is 0 Å². The molecule has 0 aliphatic heterocycles. The van der Waals surface area contributed by atoms with Crippen LogP contribution in [0.25, 0.3) is 10.9 Å².